The average Bonchev–Trinajstić information content (AvgIpc) is 3.70. The van der Waals surface area contributed by atoms with E-state index in [0.717, 1.165) is 0 Å². The van der Waals surface area contributed by atoms with Gasteiger partial charge in [-0.1, -0.05) is 148 Å². The van der Waals surface area contributed by atoms with Crippen LogP contribution in [0, 0.1) is 13.8 Å². The Morgan fingerprint density at radius 3 is 1.26 bits per heavy atom. The SMILES string of the molecule is CCCCCCc1cc2c(-c3ccc(C)cc3)cccc2[cH-]1.CCCCCCc1cc2c(-c3ccc(C)cc3)cccc2[cH-]1.[Cl][Zr+2][Cl]. The second-order valence-corrected chi connectivity index (χ2v) is 16.5. The minimum atomic E-state index is -0.826. The first-order valence-corrected chi connectivity index (χ1v) is 23.8. The van der Waals surface area contributed by atoms with Crippen molar-refractivity contribution in [2.75, 3.05) is 0 Å². The van der Waals surface area contributed by atoms with Crippen molar-refractivity contribution in [3.05, 3.63) is 131 Å². The predicted octanol–water partition coefficient (Wildman–Crippen LogP) is 14.7. The summed E-state index contributed by atoms with van der Waals surface area (Å²) in [5, 5.41) is 5.56. The molecular formula is C44H50Cl2Zr. The topological polar surface area (TPSA) is 0 Å². The normalized spacial score (nSPS) is 10.7. The molecule has 3 heteroatoms. The van der Waals surface area contributed by atoms with E-state index in [-0.39, 0.29) is 0 Å². The Balaban J connectivity index is 0.000000197. The van der Waals surface area contributed by atoms with Crippen LogP contribution in [0.3, 0.4) is 0 Å². The van der Waals surface area contributed by atoms with Gasteiger partial charge in [-0.2, -0.15) is 12.1 Å². The van der Waals surface area contributed by atoms with E-state index in [9.17, 15) is 0 Å². The van der Waals surface area contributed by atoms with E-state index in [2.05, 4.69) is 137 Å². The van der Waals surface area contributed by atoms with Crippen LogP contribution < -0.4 is 0 Å². The second-order valence-electron chi connectivity index (χ2n) is 12.8. The van der Waals surface area contributed by atoms with Gasteiger partial charge in [-0.3, -0.25) is 0 Å². The number of fused-ring (bicyclic) bond motifs is 2. The van der Waals surface area contributed by atoms with Gasteiger partial charge < -0.3 is 0 Å². The molecule has 6 rings (SSSR count). The number of benzene rings is 4. The van der Waals surface area contributed by atoms with Crippen LogP contribution in [0.15, 0.2) is 109 Å². The summed E-state index contributed by atoms with van der Waals surface area (Å²) >= 11 is -0.826. The molecule has 6 aromatic rings. The van der Waals surface area contributed by atoms with Crippen molar-refractivity contribution in [3.8, 4) is 22.3 Å². The fourth-order valence-corrected chi connectivity index (χ4v) is 6.36. The van der Waals surface area contributed by atoms with Crippen LogP contribution in [-0.2, 0) is 33.7 Å². The number of aryl methyl sites for hydroxylation is 4. The Morgan fingerprint density at radius 1 is 0.511 bits per heavy atom. The molecule has 0 heterocycles. The van der Waals surface area contributed by atoms with Crippen molar-refractivity contribution in [3.63, 3.8) is 0 Å². The summed E-state index contributed by atoms with van der Waals surface area (Å²) in [6, 6.07) is 40.6. The first kappa shape index (κ1) is 37.4. The van der Waals surface area contributed by atoms with Gasteiger partial charge in [0.1, 0.15) is 0 Å². The summed E-state index contributed by atoms with van der Waals surface area (Å²) in [7, 11) is 9.87. The molecule has 0 aliphatic carbocycles. The maximum atomic E-state index is 4.93. The zero-order valence-electron chi connectivity index (χ0n) is 28.7. The van der Waals surface area contributed by atoms with Gasteiger partial charge in [0.05, 0.1) is 0 Å². The van der Waals surface area contributed by atoms with Gasteiger partial charge in [-0.25, -0.2) is 0 Å². The van der Waals surface area contributed by atoms with Crippen molar-refractivity contribution in [1.29, 1.82) is 0 Å². The predicted molar refractivity (Wildman–Crippen MR) is 207 cm³/mol. The van der Waals surface area contributed by atoms with Crippen LogP contribution >= 0.6 is 17.0 Å². The van der Waals surface area contributed by atoms with Crippen LogP contribution in [0.5, 0.6) is 0 Å². The minimum absolute atomic E-state index is 0.826. The van der Waals surface area contributed by atoms with Crippen molar-refractivity contribution in [1.82, 2.24) is 0 Å². The Morgan fingerprint density at radius 2 is 0.894 bits per heavy atom. The zero-order chi connectivity index (χ0) is 33.4. The fraction of sp³-hybridized carbons (Fsp3) is 0.318. The summed E-state index contributed by atoms with van der Waals surface area (Å²) in [6.45, 7) is 8.82. The first-order chi connectivity index (χ1) is 23.0. The summed E-state index contributed by atoms with van der Waals surface area (Å²) in [6.07, 6.45) is 13.1. The van der Waals surface area contributed by atoms with Crippen molar-refractivity contribution in [2.24, 2.45) is 0 Å². The Bertz CT molecular complexity index is 1620. The summed E-state index contributed by atoms with van der Waals surface area (Å²) < 4.78 is 0. The van der Waals surface area contributed by atoms with Gasteiger partial charge in [0.15, 0.2) is 0 Å². The van der Waals surface area contributed by atoms with Gasteiger partial charge >= 0.3 is 37.9 Å². The first-order valence-electron chi connectivity index (χ1n) is 17.4. The Hall–Kier alpha value is -2.44. The summed E-state index contributed by atoms with van der Waals surface area (Å²) in [5.74, 6) is 0. The van der Waals surface area contributed by atoms with Crippen LogP contribution in [-0.4, -0.2) is 0 Å². The molecule has 0 nitrogen and oxygen atoms in total. The quantitative estimate of drug-likeness (QED) is 0.0866. The van der Waals surface area contributed by atoms with E-state index in [1.165, 1.54) is 130 Å². The number of halogens is 2. The second kappa shape index (κ2) is 20.2. The molecule has 0 fully saturated rings. The van der Waals surface area contributed by atoms with Crippen LogP contribution in [0.2, 0.25) is 0 Å². The van der Waals surface area contributed by atoms with E-state index in [0.29, 0.717) is 0 Å². The summed E-state index contributed by atoms with van der Waals surface area (Å²) in [4.78, 5) is 0. The zero-order valence-corrected chi connectivity index (χ0v) is 32.7. The van der Waals surface area contributed by atoms with Crippen LogP contribution in [0.1, 0.15) is 87.5 Å². The van der Waals surface area contributed by atoms with E-state index in [4.69, 9.17) is 17.0 Å². The van der Waals surface area contributed by atoms with Gasteiger partial charge in [0.2, 0.25) is 0 Å². The molecule has 0 N–H and O–H groups in total. The molecule has 244 valence electrons. The number of unbranched alkanes of at least 4 members (excludes halogenated alkanes) is 6. The molecule has 0 radical (unpaired) electrons. The third-order valence-electron chi connectivity index (χ3n) is 8.98. The van der Waals surface area contributed by atoms with E-state index >= 15 is 0 Å². The van der Waals surface area contributed by atoms with Gasteiger partial charge in [0, 0.05) is 0 Å². The standard InChI is InChI=1S/2C22H25.2ClH.Zr/c2*1-3-4-5-6-8-18-15-20-9-7-10-21(22(20)16-18)19-13-11-17(2)12-14-19;;;/h2*7,9-16H,3-6,8H2,1-2H3;2*1H;/q2*-1;;;+4/p-2. The monoisotopic (exact) mass is 738 g/mol. The molecule has 6 aromatic carbocycles. The van der Waals surface area contributed by atoms with E-state index in [1.54, 1.807) is 0 Å². The van der Waals surface area contributed by atoms with E-state index < -0.39 is 20.8 Å². The number of rotatable bonds is 12. The van der Waals surface area contributed by atoms with Crippen molar-refractivity contribution >= 4 is 38.6 Å². The Labute approximate surface area is 302 Å². The molecule has 0 amide bonds. The van der Waals surface area contributed by atoms with Crippen LogP contribution in [0.4, 0.5) is 0 Å². The third kappa shape index (κ3) is 11.3. The Kier molecular flexibility index (Phi) is 16.0. The molecule has 47 heavy (non-hydrogen) atoms. The molecule has 0 aliphatic rings. The maximum absolute atomic E-state index is 4.93. The number of hydrogen-bond donors (Lipinski definition) is 0. The van der Waals surface area contributed by atoms with E-state index in [1.807, 2.05) is 0 Å². The molecule has 0 bridgehead atoms. The molecule has 0 unspecified atom stereocenters. The van der Waals surface area contributed by atoms with Gasteiger partial charge in [-0.15, -0.1) is 69.1 Å². The van der Waals surface area contributed by atoms with Crippen molar-refractivity contribution < 1.29 is 20.8 Å². The summed E-state index contributed by atoms with van der Waals surface area (Å²) in [5.41, 5.74) is 11.0. The van der Waals surface area contributed by atoms with Gasteiger partial charge in [-0.05, 0) is 37.8 Å². The molecule has 0 aliphatic heterocycles. The number of hydrogen-bond acceptors (Lipinski definition) is 0. The fourth-order valence-electron chi connectivity index (χ4n) is 6.36. The van der Waals surface area contributed by atoms with Crippen LogP contribution in [0.25, 0.3) is 43.8 Å². The average molecular weight is 741 g/mol. The van der Waals surface area contributed by atoms with Gasteiger partial charge in [0.25, 0.3) is 0 Å². The molecule has 0 aromatic heterocycles. The van der Waals surface area contributed by atoms with Crippen molar-refractivity contribution in [2.45, 2.75) is 91.9 Å². The molecule has 0 saturated heterocycles. The molecule has 0 saturated carbocycles. The molecule has 0 atom stereocenters. The molecular weight excluding hydrogens is 691 g/mol. The molecule has 0 spiro atoms. The third-order valence-corrected chi connectivity index (χ3v) is 8.98.